The van der Waals surface area contributed by atoms with E-state index >= 15 is 0 Å². The Balaban J connectivity index is 1.72. The number of carbonyl (C=O) groups excluding carboxylic acids is 1. The van der Waals surface area contributed by atoms with Crippen LogP contribution >= 0.6 is 11.6 Å². The second-order valence-electron chi connectivity index (χ2n) is 6.54. The zero-order valence-corrected chi connectivity index (χ0v) is 16.3. The van der Waals surface area contributed by atoms with Crippen LogP contribution in [0.2, 0.25) is 5.02 Å². The number of nitrogens with zero attached hydrogens (tertiary/aromatic N) is 4. The largest absolute Gasteiger partial charge is 0.340 e. The third-order valence-electron chi connectivity index (χ3n) is 4.14. The van der Waals surface area contributed by atoms with E-state index < -0.39 is 0 Å². The normalized spacial score (nSPS) is 11.0. The Morgan fingerprint density at radius 1 is 0.963 bits per heavy atom. The summed E-state index contributed by atoms with van der Waals surface area (Å²) in [6.45, 7) is 1.48. The lowest BCUT2D eigenvalue weighted by atomic mass is 10.1. The van der Waals surface area contributed by atoms with Crippen molar-refractivity contribution < 1.29 is 9.32 Å². The first-order chi connectivity index (χ1) is 12.9. The lowest BCUT2D eigenvalue weighted by Gasteiger charge is -2.19. The zero-order valence-electron chi connectivity index (χ0n) is 15.5. The van der Waals surface area contributed by atoms with Gasteiger partial charge in [-0.1, -0.05) is 16.8 Å². The number of halogens is 1. The molecule has 0 aliphatic rings. The fourth-order valence-electron chi connectivity index (χ4n) is 2.48. The minimum Gasteiger partial charge on any atom is -0.340 e. The Labute approximate surface area is 163 Å². The van der Waals surface area contributed by atoms with Gasteiger partial charge in [0, 0.05) is 41.9 Å². The van der Waals surface area contributed by atoms with Crippen molar-refractivity contribution in [2.24, 2.45) is 0 Å². The van der Waals surface area contributed by atoms with Gasteiger partial charge in [-0.2, -0.15) is 4.98 Å². The van der Waals surface area contributed by atoms with Gasteiger partial charge in [0.2, 0.25) is 5.82 Å². The van der Waals surface area contributed by atoms with E-state index in [0.29, 0.717) is 28.8 Å². The standard InChI is InChI=1S/C20H21ClN4O2/c1-24(2)12-13-25(3)20(26)16-6-4-15(5-7-16)19-22-18(23-27-19)14-8-10-17(21)11-9-14/h4-11H,12-13H2,1-3H3. The molecule has 0 aliphatic carbocycles. The molecule has 0 aliphatic heterocycles. The maximum absolute atomic E-state index is 12.5. The summed E-state index contributed by atoms with van der Waals surface area (Å²) < 4.78 is 5.35. The van der Waals surface area contributed by atoms with Crippen molar-refractivity contribution in [3.63, 3.8) is 0 Å². The van der Waals surface area contributed by atoms with E-state index in [4.69, 9.17) is 16.1 Å². The third-order valence-corrected chi connectivity index (χ3v) is 4.39. The first-order valence-electron chi connectivity index (χ1n) is 8.54. The molecule has 6 nitrogen and oxygen atoms in total. The number of aromatic nitrogens is 2. The van der Waals surface area contributed by atoms with E-state index in [1.165, 1.54) is 0 Å². The highest BCUT2D eigenvalue weighted by Gasteiger charge is 2.14. The molecule has 0 saturated carbocycles. The van der Waals surface area contributed by atoms with Gasteiger partial charge in [0.1, 0.15) is 0 Å². The van der Waals surface area contributed by atoms with Crippen LogP contribution in [-0.2, 0) is 0 Å². The van der Waals surface area contributed by atoms with Crippen LogP contribution in [0.15, 0.2) is 53.1 Å². The zero-order chi connectivity index (χ0) is 19.4. The second kappa shape index (κ2) is 8.33. The van der Waals surface area contributed by atoms with Crippen molar-refractivity contribution in [2.75, 3.05) is 34.2 Å². The van der Waals surface area contributed by atoms with Crippen LogP contribution in [0.5, 0.6) is 0 Å². The van der Waals surface area contributed by atoms with E-state index in [-0.39, 0.29) is 5.91 Å². The predicted octanol–water partition coefficient (Wildman–Crippen LogP) is 3.69. The summed E-state index contributed by atoms with van der Waals surface area (Å²) in [7, 11) is 5.77. The summed E-state index contributed by atoms with van der Waals surface area (Å²) in [6.07, 6.45) is 0. The molecule has 0 radical (unpaired) electrons. The number of rotatable bonds is 6. The predicted molar refractivity (Wildman–Crippen MR) is 106 cm³/mol. The molecule has 27 heavy (non-hydrogen) atoms. The van der Waals surface area contributed by atoms with Crippen LogP contribution in [0.25, 0.3) is 22.8 Å². The van der Waals surface area contributed by atoms with Crippen molar-refractivity contribution in [2.45, 2.75) is 0 Å². The summed E-state index contributed by atoms with van der Waals surface area (Å²) >= 11 is 5.90. The molecule has 7 heteroatoms. The number of benzene rings is 2. The van der Waals surface area contributed by atoms with Gasteiger partial charge in [0.05, 0.1) is 0 Å². The smallest absolute Gasteiger partial charge is 0.258 e. The molecule has 0 spiro atoms. The molecule has 0 atom stereocenters. The van der Waals surface area contributed by atoms with Crippen LogP contribution in [0.1, 0.15) is 10.4 Å². The molecular formula is C20H21ClN4O2. The molecule has 1 heterocycles. The average Bonchev–Trinajstić information content (AvgIpc) is 3.16. The maximum atomic E-state index is 12.5. The fourth-order valence-corrected chi connectivity index (χ4v) is 2.61. The first-order valence-corrected chi connectivity index (χ1v) is 8.92. The highest BCUT2D eigenvalue weighted by Crippen LogP contribution is 2.23. The van der Waals surface area contributed by atoms with Crippen molar-refractivity contribution in [3.8, 4) is 22.8 Å². The molecule has 0 unspecified atom stereocenters. The Morgan fingerprint density at radius 3 is 2.22 bits per heavy atom. The minimum absolute atomic E-state index is 0.0178. The van der Waals surface area contributed by atoms with Crippen LogP contribution in [0, 0.1) is 0 Å². The van der Waals surface area contributed by atoms with E-state index in [2.05, 4.69) is 10.1 Å². The minimum atomic E-state index is -0.0178. The van der Waals surface area contributed by atoms with Gasteiger partial charge in [-0.3, -0.25) is 4.79 Å². The van der Waals surface area contributed by atoms with Crippen LogP contribution in [0.4, 0.5) is 0 Å². The summed E-state index contributed by atoms with van der Waals surface area (Å²) in [4.78, 5) is 20.6. The van der Waals surface area contributed by atoms with Crippen LogP contribution < -0.4 is 0 Å². The monoisotopic (exact) mass is 384 g/mol. The lowest BCUT2D eigenvalue weighted by Crippen LogP contribution is -2.33. The first kappa shape index (κ1) is 19.1. The molecule has 3 rings (SSSR count). The molecule has 0 N–H and O–H groups in total. The van der Waals surface area contributed by atoms with Crippen molar-refractivity contribution in [1.82, 2.24) is 19.9 Å². The molecule has 2 aromatic carbocycles. The summed E-state index contributed by atoms with van der Waals surface area (Å²) in [6, 6.07) is 14.4. The molecule has 0 fully saturated rings. The van der Waals surface area contributed by atoms with E-state index in [1.54, 1.807) is 36.2 Å². The molecule has 3 aromatic rings. The van der Waals surface area contributed by atoms with Crippen LogP contribution in [-0.4, -0.2) is 60.1 Å². The quantitative estimate of drug-likeness (QED) is 0.648. The van der Waals surface area contributed by atoms with E-state index in [1.807, 2.05) is 43.3 Å². The summed E-state index contributed by atoms with van der Waals surface area (Å²) in [5, 5.41) is 4.66. The molecule has 0 saturated heterocycles. The van der Waals surface area contributed by atoms with Gasteiger partial charge >= 0.3 is 0 Å². The maximum Gasteiger partial charge on any atom is 0.258 e. The fraction of sp³-hybridized carbons (Fsp3) is 0.250. The van der Waals surface area contributed by atoms with Crippen molar-refractivity contribution in [3.05, 3.63) is 59.1 Å². The second-order valence-corrected chi connectivity index (χ2v) is 6.97. The van der Waals surface area contributed by atoms with E-state index in [0.717, 1.165) is 17.7 Å². The SMILES string of the molecule is CN(C)CCN(C)C(=O)c1ccc(-c2nc(-c3ccc(Cl)cc3)no2)cc1. The molecule has 1 amide bonds. The highest BCUT2D eigenvalue weighted by molar-refractivity contribution is 6.30. The van der Waals surface area contributed by atoms with Gasteiger partial charge in [0.25, 0.3) is 11.8 Å². The van der Waals surface area contributed by atoms with Gasteiger partial charge in [-0.15, -0.1) is 0 Å². The number of hydrogen-bond donors (Lipinski definition) is 0. The number of amides is 1. The topological polar surface area (TPSA) is 62.5 Å². The Bertz CT molecular complexity index is 904. The average molecular weight is 385 g/mol. The van der Waals surface area contributed by atoms with Gasteiger partial charge in [-0.05, 0) is 62.6 Å². The molecule has 0 bridgehead atoms. The summed E-state index contributed by atoms with van der Waals surface area (Å²) in [5.74, 6) is 0.876. The highest BCUT2D eigenvalue weighted by atomic mass is 35.5. The Hall–Kier alpha value is -2.70. The number of carbonyl (C=O) groups is 1. The number of hydrogen-bond acceptors (Lipinski definition) is 5. The third kappa shape index (κ3) is 4.72. The van der Waals surface area contributed by atoms with Gasteiger partial charge in [-0.25, -0.2) is 0 Å². The van der Waals surface area contributed by atoms with Crippen molar-refractivity contribution in [1.29, 1.82) is 0 Å². The lowest BCUT2D eigenvalue weighted by molar-refractivity contribution is 0.0786. The number of likely N-dealkylation sites (N-methyl/N-ethyl adjacent to an activating group) is 2. The Kier molecular flexibility index (Phi) is 5.88. The van der Waals surface area contributed by atoms with Gasteiger partial charge in [0.15, 0.2) is 0 Å². The Morgan fingerprint density at radius 2 is 1.59 bits per heavy atom. The molecular weight excluding hydrogens is 364 g/mol. The van der Waals surface area contributed by atoms with Crippen molar-refractivity contribution >= 4 is 17.5 Å². The van der Waals surface area contributed by atoms with Crippen LogP contribution in [0.3, 0.4) is 0 Å². The molecule has 1 aromatic heterocycles. The van der Waals surface area contributed by atoms with E-state index in [9.17, 15) is 4.79 Å². The molecule has 140 valence electrons. The summed E-state index contributed by atoms with van der Waals surface area (Å²) in [5.41, 5.74) is 2.20. The van der Waals surface area contributed by atoms with Gasteiger partial charge < -0.3 is 14.3 Å².